The van der Waals surface area contributed by atoms with Crippen LogP contribution in [0, 0.1) is 17.8 Å². The van der Waals surface area contributed by atoms with Gasteiger partial charge in [-0.05, 0) is 69.1 Å². The molecule has 0 aromatic rings. The van der Waals surface area contributed by atoms with Crippen LogP contribution in [0.2, 0.25) is 0 Å². The van der Waals surface area contributed by atoms with Crippen molar-refractivity contribution >= 4 is 39.5 Å². The van der Waals surface area contributed by atoms with Crippen LogP contribution in [0.4, 0.5) is 0 Å². The number of allylic oxidation sites excluding steroid dienone is 4. The van der Waals surface area contributed by atoms with E-state index in [0.717, 1.165) is 121 Å². The lowest BCUT2D eigenvalue weighted by Gasteiger charge is -2.21. The number of hydrogen-bond acceptors (Lipinski definition) is 15. The summed E-state index contributed by atoms with van der Waals surface area (Å²) in [7, 11) is -9.94. The first-order valence-electron chi connectivity index (χ1n) is 42.2. The van der Waals surface area contributed by atoms with E-state index in [1.54, 1.807) is 0 Å². The highest BCUT2D eigenvalue weighted by molar-refractivity contribution is 7.47. The standard InChI is InChI=1S/C83H158O17P2/c1-8-9-10-11-12-13-14-15-19-27-32-37-44-52-59-66-83(88)100-79(71-94-81(86)65-58-51-46-39-42-49-56-63-76(6)7)73-98-102(91,92)96-69-77(84)68-95-101(89,90)97-72-78(70-93-80(85)64-57-50-43-36-31-26-23-18-21-25-30-35-41-48-55-62-75(4)5)99-82(87)67-60-53-45-38-33-28-22-17-16-20-24-29-34-40-47-54-61-74(2)3/h13-15,19,74-79,84H,8-12,16-18,20-73H2,1-7H3,(H,89,90)(H,91,92)/b14-13-,19-15-/t77?,78-,79-/m1/s1. The average molecular weight is 1490 g/mol. The van der Waals surface area contributed by atoms with Crippen molar-refractivity contribution in [3.8, 4) is 0 Å². The number of carbonyl (C=O) groups is 4. The lowest BCUT2D eigenvalue weighted by atomic mass is 10.0. The minimum Gasteiger partial charge on any atom is -0.462 e. The molecule has 0 aliphatic heterocycles. The van der Waals surface area contributed by atoms with Crippen LogP contribution in [0.25, 0.3) is 0 Å². The van der Waals surface area contributed by atoms with E-state index in [2.05, 4.69) is 72.8 Å². The van der Waals surface area contributed by atoms with Crippen LogP contribution in [-0.4, -0.2) is 96.7 Å². The number of hydrogen-bond donors (Lipinski definition) is 3. The van der Waals surface area contributed by atoms with Crippen LogP contribution in [0.15, 0.2) is 24.3 Å². The van der Waals surface area contributed by atoms with E-state index in [-0.39, 0.29) is 25.7 Å². The second-order valence-corrected chi connectivity index (χ2v) is 33.5. The fourth-order valence-corrected chi connectivity index (χ4v) is 13.9. The molecule has 0 radical (unpaired) electrons. The molecule has 0 heterocycles. The minimum absolute atomic E-state index is 0.0842. The molecular weight excluding hydrogens is 1330 g/mol. The van der Waals surface area contributed by atoms with Gasteiger partial charge < -0.3 is 33.8 Å². The predicted octanol–water partition coefficient (Wildman–Crippen LogP) is 24.5. The lowest BCUT2D eigenvalue weighted by Crippen LogP contribution is -2.30. The molecule has 0 aliphatic carbocycles. The number of carbonyl (C=O) groups excluding carboxylic acids is 4. The Morgan fingerprint density at radius 1 is 0.304 bits per heavy atom. The normalized spacial score (nSPS) is 14.1. The molecule has 0 rings (SSSR count). The van der Waals surface area contributed by atoms with Gasteiger partial charge in [-0.25, -0.2) is 9.13 Å². The van der Waals surface area contributed by atoms with Crippen molar-refractivity contribution in [1.29, 1.82) is 0 Å². The molecule has 0 aliphatic rings. The van der Waals surface area contributed by atoms with Gasteiger partial charge in [-0.15, -0.1) is 0 Å². The van der Waals surface area contributed by atoms with Crippen molar-refractivity contribution in [2.24, 2.45) is 17.8 Å². The Kier molecular flexibility index (Phi) is 71.0. The molecule has 0 fully saturated rings. The molecule has 0 bridgehead atoms. The molecule has 3 unspecified atom stereocenters. The SMILES string of the molecule is CCCCCC/C=C\C=C/CCCCCCCC(=O)O[C@H](COC(=O)CCCCCCCCCC(C)C)COP(=O)(O)OCC(O)COP(=O)(O)OC[C@@H](COC(=O)CCCCCCCCCCCCCCCCCC(C)C)OC(=O)CCCCCCCCCCCCCCCCCCC(C)C. The summed E-state index contributed by atoms with van der Waals surface area (Å²) >= 11 is 0. The average Bonchev–Trinajstić information content (AvgIpc) is 0.949. The summed E-state index contributed by atoms with van der Waals surface area (Å²) in [6.45, 7) is 11.9. The first-order chi connectivity index (χ1) is 49.2. The van der Waals surface area contributed by atoms with Gasteiger partial charge >= 0.3 is 39.5 Å². The zero-order valence-electron chi connectivity index (χ0n) is 66.6. The molecule has 5 atom stereocenters. The fourth-order valence-electron chi connectivity index (χ4n) is 12.3. The van der Waals surface area contributed by atoms with Crippen LogP contribution in [0.1, 0.15) is 408 Å². The highest BCUT2D eigenvalue weighted by atomic mass is 31.2. The van der Waals surface area contributed by atoms with Crippen LogP contribution in [-0.2, 0) is 65.4 Å². The van der Waals surface area contributed by atoms with E-state index >= 15 is 0 Å². The maximum atomic E-state index is 13.1. The molecule has 0 aromatic heterocycles. The largest absolute Gasteiger partial charge is 0.472 e. The molecular formula is C83H158O17P2. The van der Waals surface area contributed by atoms with Gasteiger partial charge in [-0.1, -0.05) is 355 Å². The molecule has 0 aromatic carbocycles. The summed E-state index contributed by atoms with van der Waals surface area (Å²) < 4.78 is 68.7. The van der Waals surface area contributed by atoms with Gasteiger partial charge in [-0.3, -0.25) is 37.3 Å². The summed E-state index contributed by atoms with van der Waals surface area (Å²) in [6, 6.07) is 0. The summed E-state index contributed by atoms with van der Waals surface area (Å²) in [4.78, 5) is 73.1. The van der Waals surface area contributed by atoms with Crippen molar-refractivity contribution < 1.29 is 80.2 Å². The first-order valence-corrected chi connectivity index (χ1v) is 45.2. The summed E-state index contributed by atoms with van der Waals surface area (Å²) in [5, 5.41) is 10.6. The Bertz CT molecular complexity index is 2070. The van der Waals surface area contributed by atoms with Crippen LogP contribution in [0.3, 0.4) is 0 Å². The zero-order valence-corrected chi connectivity index (χ0v) is 68.4. The van der Waals surface area contributed by atoms with Crippen molar-refractivity contribution in [3.05, 3.63) is 24.3 Å². The van der Waals surface area contributed by atoms with E-state index in [0.29, 0.717) is 31.6 Å². The van der Waals surface area contributed by atoms with Crippen molar-refractivity contribution in [3.63, 3.8) is 0 Å². The molecule has 0 saturated heterocycles. The van der Waals surface area contributed by atoms with Gasteiger partial charge in [0.15, 0.2) is 12.2 Å². The maximum absolute atomic E-state index is 13.1. The third kappa shape index (κ3) is 75.8. The molecule has 102 heavy (non-hydrogen) atoms. The van der Waals surface area contributed by atoms with Crippen molar-refractivity contribution in [1.82, 2.24) is 0 Å². The summed E-state index contributed by atoms with van der Waals surface area (Å²) in [6.07, 6.45) is 64.7. The molecule has 19 heteroatoms. The van der Waals surface area contributed by atoms with Gasteiger partial charge in [0.25, 0.3) is 0 Å². The van der Waals surface area contributed by atoms with E-state index in [1.807, 2.05) is 0 Å². The van der Waals surface area contributed by atoms with Gasteiger partial charge in [-0.2, -0.15) is 0 Å². The number of phosphoric ester groups is 2. The number of unbranched alkanes of at least 4 members (excludes halogenated alkanes) is 44. The molecule has 17 nitrogen and oxygen atoms in total. The maximum Gasteiger partial charge on any atom is 0.472 e. The second kappa shape index (κ2) is 72.7. The smallest absolute Gasteiger partial charge is 0.462 e. The number of aliphatic hydroxyl groups excluding tert-OH is 1. The molecule has 0 amide bonds. The topological polar surface area (TPSA) is 237 Å². The third-order valence-electron chi connectivity index (χ3n) is 18.8. The summed E-state index contributed by atoms with van der Waals surface area (Å²) in [5.41, 5.74) is 0. The van der Waals surface area contributed by atoms with Crippen LogP contribution < -0.4 is 0 Å². The number of phosphoric acid groups is 2. The van der Waals surface area contributed by atoms with Crippen molar-refractivity contribution in [2.45, 2.75) is 426 Å². The lowest BCUT2D eigenvalue weighted by molar-refractivity contribution is -0.161. The van der Waals surface area contributed by atoms with Gasteiger partial charge in [0.05, 0.1) is 26.4 Å². The van der Waals surface area contributed by atoms with Crippen LogP contribution in [0.5, 0.6) is 0 Å². The highest BCUT2D eigenvalue weighted by Crippen LogP contribution is 2.45. The monoisotopic (exact) mass is 1490 g/mol. The number of rotatable bonds is 79. The predicted molar refractivity (Wildman–Crippen MR) is 418 cm³/mol. The number of esters is 4. The van der Waals surface area contributed by atoms with Crippen LogP contribution >= 0.6 is 15.6 Å². The zero-order chi connectivity index (χ0) is 75.1. The Labute approximate surface area is 624 Å². The Morgan fingerprint density at radius 2 is 0.529 bits per heavy atom. The van der Waals surface area contributed by atoms with E-state index in [4.69, 9.17) is 37.0 Å². The summed E-state index contributed by atoms with van der Waals surface area (Å²) in [5.74, 6) is 0.175. The molecule has 0 saturated carbocycles. The Hall–Kier alpha value is -2.46. The van der Waals surface area contributed by atoms with Gasteiger partial charge in [0, 0.05) is 25.7 Å². The minimum atomic E-state index is -4.97. The fraction of sp³-hybridized carbons (Fsp3) is 0.904. The Morgan fingerprint density at radius 3 is 0.794 bits per heavy atom. The number of ether oxygens (including phenoxy) is 4. The van der Waals surface area contributed by atoms with Crippen molar-refractivity contribution in [2.75, 3.05) is 39.6 Å². The first kappa shape index (κ1) is 99.5. The molecule has 3 N–H and O–H groups in total. The molecule has 602 valence electrons. The quantitative estimate of drug-likeness (QED) is 0.0169. The third-order valence-corrected chi connectivity index (χ3v) is 20.7. The Balaban J connectivity index is 5.27. The van der Waals surface area contributed by atoms with Gasteiger partial charge in [0.1, 0.15) is 19.3 Å². The second-order valence-electron chi connectivity index (χ2n) is 30.6. The number of aliphatic hydroxyl groups is 1. The molecule has 0 spiro atoms. The van der Waals surface area contributed by atoms with E-state index in [9.17, 15) is 43.2 Å². The van der Waals surface area contributed by atoms with E-state index < -0.39 is 97.5 Å². The van der Waals surface area contributed by atoms with Gasteiger partial charge in [0.2, 0.25) is 0 Å². The van der Waals surface area contributed by atoms with E-state index in [1.165, 1.54) is 199 Å². The highest BCUT2D eigenvalue weighted by Gasteiger charge is 2.30.